The molecule has 0 atom stereocenters. The molecule has 1 aliphatic rings. The second kappa shape index (κ2) is 7.85. The number of aromatic nitrogens is 2. The van der Waals surface area contributed by atoms with Gasteiger partial charge in [0.1, 0.15) is 17.6 Å². The largest absolute Gasteiger partial charge is 0.497 e. The number of benzene rings is 2. The molecule has 4 rings (SSSR count). The molecule has 3 nitrogen and oxygen atoms in total. The highest BCUT2D eigenvalue weighted by Gasteiger charge is 2.28. The quantitative estimate of drug-likeness (QED) is 0.525. The highest BCUT2D eigenvalue weighted by molar-refractivity contribution is 8.93. The normalized spacial score (nSPS) is 13.0. The number of rotatable bonds is 3. The van der Waals surface area contributed by atoms with Crippen LogP contribution in [0.15, 0.2) is 59.9 Å². The van der Waals surface area contributed by atoms with E-state index in [1.165, 1.54) is 22.8 Å². The van der Waals surface area contributed by atoms with Crippen molar-refractivity contribution in [3.8, 4) is 22.7 Å². The summed E-state index contributed by atoms with van der Waals surface area (Å²) < 4.78 is 9.95. The van der Waals surface area contributed by atoms with Crippen LogP contribution in [-0.4, -0.2) is 17.4 Å². The van der Waals surface area contributed by atoms with E-state index in [1.807, 2.05) is 36.0 Å². The standard InChI is InChI=1S/C19H18ClN2OS.BrH/c1-23-17-9-3-14(4-10-17)18-13-21-11-2-12-24-19(21)22(18)16-7-5-15(20)6-8-16;/h3-10,13H,2,11-12H2,1H3;1H/q+1;. The smallest absolute Gasteiger partial charge is 0.323 e. The molecule has 1 aromatic heterocycles. The van der Waals surface area contributed by atoms with Crippen LogP contribution >= 0.6 is 40.3 Å². The fourth-order valence-electron chi connectivity index (χ4n) is 3.00. The van der Waals surface area contributed by atoms with E-state index in [2.05, 4.69) is 39.6 Å². The summed E-state index contributed by atoms with van der Waals surface area (Å²) in [4.78, 5) is 0. The van der Waals surface area contributed by atoms with E-state index in [1.54, 1.807) is 7.11 Å². The number of halogens is 2. The monoisotopic (exact) mass is 437 g/mol. The first-order valence-electron chi connectivity index (χ1n) is 7.94. The molecule has 0 amide bonds. The summed E-state index contributed by atoms with van der Waals surface area (Å²) >= 11 is 7.98. The molecule has 0 aliphatic carbocycles. The van der Waals surface area contributed by atoms with Crippen LogP contribution in [-0.2, 0) is 6.54 Å². The van der Waals surface area contributed by atoms with E-state index in [4.69, 9.17) is 16.3 Å². The van der Waals surface area contributed by atoms with E-state index >= 15 is 0 Å². The van der Waals surface area contributed by atoms with Crippen LogP contribution in [0.5, 0.6) is 5.75 Å². The molecule has 0 spiro atoms. The molecule has 25 heavy (non-hydrogen) atoms. The lowest BCUT2D eigenvalue weighted by molar-refractivity contribution is -0.734. The van der Waals surface area contributed by atoms with Crippen LogP contribution in [0.3, 0.4) is 0 Å². The summed E-state index contributed by atoms with van der Waals surface area (Å²) in [7, 11) is 1.69. The molecule has 0 N–H and O–H groups in total. The third-order valence-corrected chi connectivity index (χ3v) is 5.62. The zero-order chi connectivity index (χ0) is 16.5. The molecule has 3 aromatic rings. The third kappa shape index (κ3) is 3.59. The molecular formula is C19H19BrClN2OS+. The lowest BCUT2D eigenvalue weighted by Gasteiger charge is -2.09. The molecule has 0 unspecified atom stereocenters. The molecule has 0 fully saturated rings. The van der Waals surface area contributed by atoms with E-state index in [9.17, 15) is 0 Å². The van der Waals surface area contributed by atoms with Crippen molar-refractivity contribution in [3.63, 3.8) is 0 Å². The second-order valence-electron chi connectivity index (χ2n) is 5.73. The SMILES string of the molecule is Br.COc1ccc(-c2c[n+]3c(n2-c2ccc(Cl)cc2)SCCC3)cc1. The lowest BCUT2D eigenvalue weighted by Crippen LogP contribution is -2.37. The Labute approximate surface area is 167 Å². The van der Waals surface area contributed by atoms with E-state index < -0.39 is 0 Å². The average molecular weight is 439 g/mol. The molecule has 2 heterocycles. The zero-order valence-electron chi connectivity index (χ0n) is 13.8. The molecule has 0 saturated carbocycles. The minimum absolute atomic E-state index is 0. The summed E-state index contributed by atoms with van der Waals surface area (Å²) in [6, 6.07) is 16.3. The average Bonchev–Trinajstić information content (AvgIpc) is 3.02. The van der Waals surface area contributed by atoms with Crippen molar-refractivity contribution in [1.29, 1.82) is 0 Å². The Hall–Kier alpha value is -1.43. The minimum atomic E-state index is 0. The highest BCUT2D eigenvalue weighted by Crippen LogP contribution is 2.32. The maximum absolute atomic E-state index is 6.07. The van der Waals surface area contributed by atoms with Gasteiger partial charge < -0.3 is 4.74 Å². The van der Waals surface area contributed by atoms with Gasteiger partial charge in [-0.1, -0.05) is 11.6 Å². The first kappa shape index (κ1) is 18.4. The van der Waals surface area contributed by atoms with Crippen molar-refractivity contribution in [1.82, 2.24) is 4.57 Å². The Morgan fingerprint density at radius 3 is 2.48 bits per heavy atom. The summed E-state index contributed by atoms with van der Waals surface area (Å²) in [5.41, 5.74) is 3.49. The number of aryl methyl sites for hydroxylation is 1. The van der Waals surface area contributed by atoms with Crippen molar-refractivity contribution in [2.24, 2.45) is 0 Å². The van der Waals surface area contributed by atoms with Gasteiger partial charge >= 0.3 is 5.16 Å². The Morgan fingerprint density at radius 1 is 1.08 bits per heavy atom. The zero-order valence-corrected chi connectivity index (χ0v) is 17.1. The summed E-state index contributed by atoms with van der Waals surface area (Å²) in [5, 5.41) is 2.03. The number of ether oxygens (including phenoxy) is 1. The fourth-order valence-corrected chi connectivity index (χ4v) is 4.23. The first-order valence-corrected chi connectivity index (χ1v) is 9.31. The van der Waals surface area contributed by atoms with Crippen LogP contribution < -0.4 is 9.30 Å². The van der Waals surface area contributed by atoms with Crippen LogP contribution in [0.25, 0.3) is 16.9 Å². The van der Waals surface area contributed by atoms with Gasteiger partial charge in [-0.25, -0.2) is 4.57 Å². The molecule has 0 saturated heterocycles. The van der Waals surface area contributed by atoms with E-state index in [0.29, 0.717) is 0 Å². The summed E-state index contributed by atoms with van der Waals surface area (Å²) in [5.74, 6) is 2.02. The first-order chi connectivity index (χ1) is 11.8. The number of hydrogen-bond acceptors (Lipinski definition) is 2. The molecule has 0 radical (unpaired) electrons. The topological polar surface area (TPSA) is 18.0 Å². The van der Waals surface area contributed by atoms with E-state index in [0.717, 1.165) is 28.8 Å². The van der Waals surface area contributed by atoms with E-state index in [-0.39, 0.29) is 17.0 Å². The van der Waals surface area contributed by atoms with Crippen molar-refractivity contribution in [2.45, 2.75) is 18.1 Å². The third-order valence-electron chi connectivity index (χ3n) is 4.20. The second-order valence-corrected chi connectivity index (χ2v) is 7.23. The van der Waals surface area contributed by atoms with Gasteiger partial charge in [0.2, 0.25) is 0 Å². The Morgan fingerprint density at radius 2 is 1.80 bits per heavy atom. The minimum Gasteiger partial charge on any atom is -0.497 e. The Balaban J connectivity index is 0.00000182. The molecule has 2 aromatic carbocycles. The molecule has 130 valence electrons. The van der Waals surface area contributed by atoms with Gasteiger partial charge in [-0.2, -0.15) is 4.57 Å². The van der Waals surface area contributed by atoms with Gasteiger partial charge in [0.15, 0.2) is 5.69 Å². The number of nitrogens with zero attached hydrogens (tertiary/aromatic N) is 2. The fraction of sp³-hybridized carbons (Fsp3) is 0.211. The summed E-state index contributed by atoms with van der Waals surface area (Å²) in [6.07, 6.45) is 3.45. The number of imidazole rings is 1. The molecule has 1 aliphatic heterocycles. The van der Waals surface area contributed by atoms with Crippen LogP contribution in [0, 0.1) is 0 Å². The molecule has 6 heteroatoms. The summed E-state index contributed by atoms with van der Waals surface area (Å²) in [6.45, 7) is 1.06. The number of thioether (sulfide) groups is 1. The van der Waals surface area contributed by atoms with Crippen LogP contribution in [0.2, 0.25) is 5.02 Å². The van der Waals surface area contributed by atoms with Gasteiger partial charge in [-0.15, -0.1) is 17.0 Å². The highest BCUT2D eigenvalue weighted by atomic mass is 79.9. The van der Waals surface area contributed by atoms with Crippen molar-refractivity contribution < 1.29 is 9.30 Å². The van der Waals surface area contributed by atoms with Crippen molar-refractivity contribution >= 4 is 40.3 Å². The lowest BCUT2D eigenvalue weighted by atomic mass is 10.1. The van der Waals surface area contributed by atoms with Crippen molar-refractivity contribution in [3.05, 3.63) is 59.8 Å². The number of hydrogen-bond donors (Lipinski definition) is 0. The van der Waals surface area contributed by atoms with Gasteiger partial charge in [0.25, 0.3) is 0 Å². The maximum atomic E-state index is 6.07. The molecule has 0 bridgehead atoms. The number of methoxy groups -OCH3 is 1. The van der Waals surface area contributed by atoms with Gasteiger partial charge in [0.05, 0.1) is 13.7 Å². The predicted molar refractivity (Wildman–Crippen MR) is 109 cm³/mol. The van der Waals surface area contributed by atoms with Crippen molar-refractivity contribution in [2.75, 3.05) is 12.9 Å². The predicted octanol–water partition coefficient (Wildman–Crippen LogP) is 5.17. The molecular weight excluding hydrogens is 420 g/mol. The number of fused-ring (bicyclic) bond motifs is 1. The Kier molecular flexibility index (Phi) is 5.77. The van der Waals surface area contributed by atoms with Gasteiger partial charge in [-0.3, -0.25) is 0 Å². The van der Waals surface area contributed by atoms with Gasteiger partial charge in [0, 0.05) is 16.3 Å². The van der Waals surface area contributed by atoms with Gasteiger partial charge in [-0.05, 0) is 66.7 Å². The maximum Gasteiger partial charge on any atom is 0.323 e. The Bertz CT molecular complexity index is 862. The van der Waals surface area contributed by atoms with Crippen LogP contribution in [0.1, 0.15) is 6.42 Å². The van der Waals surface area contributed by atoms with Crippen LogP contribution in [0.4, 0.5) is 0 Å².